The Bertz CT molecular complexity index is 590. The van der Waals surface area contributed by atoms with E-state index in [0.717, 1.165) is 12.1 Å². The van der Waals surface area contributed by atoms with Gasteiger partial charge in [0.1, 0.15) is 5.82 Å². The van der Waals surface area contributed by atoms with E-state index in [0.29, 0.717) is 18.1 Å². The number of oxazole rings is 1. The topological polar surface area (TPSA) is 38.1 Å². The minimum Gasteiger partial charge on any atom is -0.441 e. The monoisotopic (exact) mass is 296 g/mol. The van der Waals surface area contributed by atoms with Crippen LogP contribution in [0.5, 0.6) is 0 Å². The molecule has 1 N–H and O–H groups in total. The van der Waals surface area contributed by atoms with Gasteiger partial charge in [0.15, 0.2) is 11.7 Å². The van der Waals surface area contributed by atoms with Crippen LogP contribution in [-0.4, -0.2) is 17.1 Å². The summed E-state index contributed by atoms with van der Waals surface area (Å²) in [5, 5.41) is 3.44. The van der Waals surface area contributed by atoms with Crippen molar-refractivity contribution in [2.24, 2.45) is 0 Å². The van der Waals surface area contributed by atoms with Gasteiger partial charge < -0.3 is 9.73 Å². The van der Waals surface area contributed by atoms with Crippen LogP contribution in [0.15, 0.2) is 28.8 Å². The maximum atomic E-state index is 13.1. The smallest absolute Gasteiger partial charge is 0.196 e. The minimum absolute atomic E-state index is 0.0694. The minimum atomic E-state index is -0.440. The number of hydrogen-bond donors (Lipinski definition) is 1. The van der Waals surface area contributed by atoms with Gasteiger partial charge >= 0.3 is 0 Å². The van der Waals surface area contributed by atoms with Crippen LogP contribution in [0.2, 0.25) is 5.02 Å². The Morgan fingerprint density at radius 1 is 1.35 bits per heavy atom. The molecule has 1 heterocycles. The van der Waals surface area contributed by atoms with E-state index in [1.165, 1.54) is 12.1 Å². The zero-order valence-corrected chi connectivity index (χ0v) is 12.6. The summed E-state index contributed by atoms with van der Waals surface area (Å²) in [6.45, 7) is 7.10. The van der Waals surface area contributed by atoms with E-state index in [1.807, 2.05) is 0 Å². The van der Waals surface area contributed by atoms with Crippen LogP contribution in [0.1, 0.15) is 26.7 Å². The molecule has 0 saturated carbocycles. The molecule has 0 aliphatic heterocycles. The highest BCUT2D eigenvalue weighted by Gasteiger charge is 2.11. The first-order valence-corrected chi connectivity index (χ1v) is 6.88. The molecular weight excluding hydrogens is 279 g/mol. The zero-order chi connectivity index (χ0) is 14.8. The van der Waals surface area contributed by atoms with Gasteiger partial charge in [0.2, 0.25) is 0 Å². The van der Waals surface area contributed by atoms with Gasteiger partial charge in [-0.05, 0) is 39.0 Å². The number of aromatic nitrogens is 1. The molecule has 0 aliphatic carbocycles. The molecule has 0 spiro atoms. The number of hydrogen-bond acceptors (Lipinski definition) is 3. The molecule has 0 amide bonds. The molecule has 0 atom stereocenters. The SMILES string of the molecule is CC(C)(C)NCCc1ncc(-c2ccc(F)c(Cl)c2)o1. The Kier molecular flexibility index (Phi) is 4.45. The van der Waals surface area contributed by atoms with E-state index in [4.69, 9.17) is 16.0 Å². The number of nitrogens with zero attached hydrogens (tertiary/aromatic N) is 1. The van der Waals surface area contributed by atoms with Crippen molar-refractivity contribution >= 4 is 11.6 Å². The first-order chi connectivity index (χ1) is 9.35. The van der Waals surface area contributed by atoms with Gasteiger partial charge in [-0.1, -0.05) is 11.6 Å². The number of halogens is 2. The molecule has 0 radical (unpaired) electrons. The fraction of sp³-hybridized carbons (Fsp3) is 0.400. The molecule has 0 bridgehead atoms. The van der Waals surface area contributed by atoms with Crippen LogP contribution in [0.4, 0.5) is 4.39 Å². The second kappa shape index (κ2) is 5.94. The van der Waals surface area contributed by atoms with Crippen molar-refractivity contribution in [2.75, 3.05) is 6.54 Å². The first kappa shape index (κ1) is 15.0. The van der Waals surface area contributed by atoms with Crippen LogP contribution in [0.25, 0.3) is 11.3 Å². The lowest BCUT2D eigenvalue weighted by atomic mass is 10.1. The largest absolute Gasteiger partial charge is 0.441 e. The summed E-state index contributed by atoms with van der Waals surface area (Å²) in [5.41, 5.74) is 0.791. The summed E-state index contributed by atoms with van der Waals surface area (Å²) in [7, 11) is 0. The molecule has 1 aromatic carbocycles. The predicted molar refractivity (Wildman–Crippen MR) is 78.4 cm³/mol. The molecule has 2 rings (SSSR count). The van der Waals surface area contributed by atoms with E-state index in [-0.39, 0.29) is 10.6 Å². The molecule has 0 saturated heterocycles. The van der Waals surface area contributed by atoms with Crippen molar-refractivity contribution in [1.82, 2.24) is 10.3 Å². The molecule has 20 heavy (non-hydrogen) atoms. The number of rotatable bonds is 4. The maximum absolute atomic E-state index is 13.1. The van der Waals surface area contributed by atoms with E-state index < -0.39 is 5.82 Å². The van der Waals surface area contributed by atoms with E-state index in [1.54, 1.807) is 12.3 Å². The standard InChI is InChI=1S/C15H18ClFN2O/c1-15(2,3)19-7-6-14-18-9-13(20-14)10-4-5-12(17)11(16)8-10/h4-5,8-9,19H,6-7H2,1-3H3. The Balaban J connectivity index is 2.03. The van der Waals surface area contributed by atoms with Crippen molar-refractivity contribution in [3.05, 3.63) is 41.1 Å². The Morgan fingerprint density at radius 3 is 2.75 bits per heavy atom. The van der Waals surface area contributed by atoms with E-state index >= 15 is 0 Å². The third kappa shape index (κ3) is 4.05. The molecule has 0 fully saturated rings. The molecule has 108 valence electrons. The van der Waals surface area contributed by atoms with Crippen LogP contribution < -0.4 is 5.32 Å². The highest BCUT2D eigenvalue weighted by Crippen LogP contribution is 2.25. The van der Waals surface area contributed by atoms with Crippen LogP contribution in [0, 0.1) is 5.82 Å². The van der Waals surface area contributed by atoms with Gasteiger partial charge in [0.25, 0.3) is 0 Å². The third-order valence-corrected chi connectivity index (χ3v) is 3.04. The average Bonchev–Trinajstić information content (AvgIpc) is 2.80. The molecular formula is C15H18ClFN2O. The van der Waals surface area contributed by atoms with E-state index in [9.17, 15) is 4.39 Å². The van der Waals surface area contributed by atoms with Gasteiger partial charge in [-0.3, -0.25) is 0 Å². The van der Waals surface area contributed by atoms with Crippen LogP contribution >= 0.6 is 11.6 Å². The summed E-state index contributed by atoms with van der Waals surface area (Å²) in [6, 6.07) is 4.48. The fourth-order valence-electron chi connectivity index (χ4n) is 1.75. The van der Waals surface area contributed by atoms with Gasteiger partial charge in [-0.25, -0.2) is 9.37 Å². The van der Waals surface area contributed by atoms with Crippen molar-refractivity contribution in [3.8, 4) is 11.3 Å². The highest BCUT2D eigenvalue weighted by molar-refractivity contribution is 6.31. The van der Waals surface area contributed by atoms with Gasteiger partial charge in [0, 0.05) is 24.1 Å². The van der Waals surface area contributed by atoms with Crippen molar-refractivity contribution in [1.29, 1.82) is 0 Å². The highest BCUT2D eigenvalue weighted by atomic mass is 35.5. The zero-order valence-electron chi connectivity index (χ0n) is 11.8. The molecule has 0 aliphatic rings. The Labute approximate surface area is 123 Å². The summed E-state index contributed by atoms with van der Waals surface area (Å²) in [6.07, 6.45) is 2.34. The molecule has 2 aromatic rings. The lowest BCUT2D eigenvalue weighted by Gasteiger charge is -2.19. The lowest BCUT2D eigenvalue weighted by Crippen LogP contribution is -2.37. The summed E-state index contributed by atoms with van der Waals surface area (Å²) in [5.74, 6) is 0.805. The average molecular weight is 297 g/mol. The first-order valence-electron chi connectivity index (χ1n) is 6.50. The van der Waals surface area contributed by atoms with Crippen molar-refractivity contribution in [2.45, 2.75) is 32.7 Å². The second-order valence-electron chi connectivity index (χ2n) is 5.67. The third-order valence-electron chi connectivity index (χ3n) is 2.75. The lowest BCUT2D eigenvalue weighted by molar-refractivity contribution is 0.412. The van der Waals surface area contributed by atoms with Gasteiger partial charge in [-0.2, -0.15) is 0 Å². The van der Waals surface area contributed by atoms with Gasteiger partial charge in [-0.15, -0.1) is 0 Å². The quantitative estimate of drug-likeness (QED) is 0.924. The number of benzene rings is 1. The fourth-order valence-corrected chi connectivity index (χ4v) is 1.93. The normalized spacial score (nSPS) is 11.8. The Morgan fingerprint density at radius 2 is 2.10 bits per heavy atom. The Hall–Kier alpha value is -1.39. The van der Waals surface area contributed by atoms with Gasteiger partial charge in [0.05, 0.1) is 11.2 Å². The summed E-state index contributed by atoms with van der Waals surface area (Å²) >= 11 is 5.76. The van der Waals surface area contributed by atoms with Crippen LogP contribution in [-0.2, 0) is 6.42 Å². The molecule has 5 heteroatoms. The summed E-state index contributed by atoms with van der Waals surface area (Å²) in [4.78, 5) is 4.22. The predicted octanol–water partition coefficient (Wildman–Crippen LogP) is 4.06. The second-order valence-corrected chi connectivity index (χ2v) is 6.08. The van der Waals surface area contributed by atoms with Crippen molar-refractivity contribution < 1.29 is 8.81 Å². The van der Waals surface area contributed by atoms with E-state index in [2.05, 4.69) is 31.1 Å². The van der Waals surface area contributed by atoms with Crippen LogP contribution in [0.3, 0.4) is 0 Å². The summed E-state index contributed by atoms with van der Waals surface area (Å²) < 4.78 is 18.8. The molecule has 0 unspecified atom stereocenters. The number of nitrogens with one attached hydrogen (secondary N) is 1. The molecule has 3 nitrogen and oxygen atoms in total. The van der Waals surface area contributed by atoms with Crippen molar-refractivity contribution in [3.63, 3.8) is 0 Å². The maximum Gasteiger partial charge on any atom is 0.196 e. The molecule has 1 aromatic heterocycles.